The van der Waals surface area contributed by atoms with Crippen molar-refractivity contribution in [1.29, 1.82) is 0 Å². The molecule has 0 saturated carbocycles. The van der Waals surface area contributed by atoms with E-state index in [1.165, 1.54) is 0 Å². The molecule has 4 N–H and O–H groups in total. The van der Waals surface area contributed by atoms with Crippen molar-refractivity contribution in [2.45, 2.75) is 64.7 Å². The fraction of sp³-hybridized carbons (Fsp3) is 0.750. The maximum Gasteiger partial charge on any atom is 0.321 e. The Kier molecular flexibility index (Phi) is 9.68. The molecule has 8 nitrogen and oxygen atoms in total. The predicted molar refractivity (Wildman–Crippen MR) is 83.7 cm³/mol. The number of hydrogen-bond donors (Lipinski definition) is 4. The maximum atomic E-state index is 11.4. The summed E-state index contributed by atoms with van der Waals surface area (Å²) in [5.41, 5.74) is -1.78. The Morgan fingerprint density at radius 1 is 0.750 bits per heavy atom. The molecule has 0 aromatic heterocycles. The Morgan fingerprint density at radius 2 is 1.21 bits per heavy atom. The second-order valence-electron chi connectivity index (χ2n) is 5.98. The molecule has 0 saturated heterocycles. The molecule has 138 valence electrons. The van der Waals surface area contributed by atoms with Gasteiger partial charge in [-0.15, -0.1) is 0 Å². The van der Waals surface area contributed by atoms with Crippen molar-refractivity contribution >= 4 is 23.9 Å². The molecule has 8 heteroatoms. The van der Waals surface area contributed by atoms with Gasteiger partial charge in [-0.05, 0) is 19.3 Å². The zero-order valence-electron chi connectivity index (χ0n) is 13.9. The molecule has 0 bridgehead atoms. The molecule has 0 fully saturated rings. The molecule has 0 amide bonds. The molecule has 24 heavy (non-hydrogen) atoms. The highest BCUT2D eigenvalue weighted by Crippen LogP contribution is 2.32. The highest BCUT2D eigenvalue weighted by atomic mass is 16.4. The van der Waals surface area contributed by atoms with Crippen LogP contribution in [0.2, 0.25) is 0 Å². The summed E-state index contributed by atoms with van der Waals surface area (Å²) in [7, 11) is 0. The molecule has 0 aromatic rings. The first-order valence-corrected chi connectivity index (χ1v) is 8.11. The van der Waals surface area contributed by atoms with E-state index in [-0.39, 0.29) is 19.3 Å². The molecule has 0 rings (SSSR count). The van der Waals surface area contributed by atoms with Crippen molar-refractivity contribution in [3.63, 3.8) is 0 Å². The average Bonchev–Trinajstić information content (AvgIpc) is 2.47. The van der Waals surface area contributed by atoms with Crippen LogP contribution in [0.25, 0.3) is 0 Å². The van der Waals surface area contributed by atoms with Crippen molar-refractivity contribution in [3.8, 4) is 0 Å². The van der Waals surface area contributed by atoms with Gasteiger partial charge in [0.1, 0.15) is 0 Å². The fourth-order valence-corrected chi connectivity index (χ4v) is 2.60. The van der Waals surface area contributed by atoms with Gasteiger partial charge in [-0.25, -0.2) is 0 Å². The van der Waals surface area contributed by atoms with Crippen LogP contribution >= 0.6 is 0 Å². The summed E-state index contributed by atoms with van der Waals surface area (Å²) in [6.07, 6.45) is 3.13. The fourth-order valence-electron chi connectivity index (χ4n) is 2.60. The predicted octanol–water partition coefficient (Wildman–Crippen LogP) is 2.46. The summed E-state index contributed by atoms with van der Waals surface area (Å²) in [4.78, 5) is 44.3. The van der Waals surface area contributed by atoms with Gasteiger partial charge in [0.15, 0.2) is 11.3 Å². The SMILES string of the molecule is CCCCC(CCCCCCC(C(=O)O)C(=O)O)(C(=O)O)C(=O)O. The Morgan fingerprint density at radius 3 is 1.62 bits per heavy atom. The number of hydrogen-bond acceptors (Lipinski definition) is 4. The van der Waals surface area contributed by atoms with Gasteiger partial charge in [0.25, 0.3) is 0 Å². The first-order valence-electron chi connectivity index (χ1n) is 8.11. The monoisotopic (exact) mass is 346 g/mol. The lowest BCUT2D eigenvalue weighted by molar-refractivity contribution is -0.166. The first-order chi connectivity index (χ1) is 11.2. The molecule has 0 aromatic carbocycles. The number of rotatable bonds is 14. The van der Waals surface area contributed by atoms with Gasteiger partial charge in [0, 0.05) is 0 Å². The Labute approximate surface area is 140 Å². The summed E-state index contributed by atoms with van der Waals surface area (Å²) in [6.45, 7) is 1.86. The smallest absolute Gasteiger partial charge is 0.321 e. The van der Waals surface area contributed by atoms with Crippen LogP contribution < -0.4 is 0 Å². The van der Waals surface area contributed by atoms with E-state index in [2.05, 4.69) is 0 Å². The molecular weight excluding hydrogens is 320 g/mol. The van der Waals surface area contributed by atoms with E-state index in [0.717, 1.165) is 0 Å². The molecule has 0 aliphatic rings. The molecule has 0 aliphatic heterocycles. The zero-order valence-corrected chi connectivity index (χ0v) is 13.9. The van der Waals surface area contributed by atoms with Crippen LogP contribution in [0.1, 0.15) is 64.7 Å². The van der Waals surface area contributed by atoms with Crippen molar-refractivity contribution in [2.24, 2.45) is 11.3 Å². The van der Waals surface area contributed by atoms with E-state index in [0.29, 0.717) is 38.5 Å². The Hall–Kier alpha value is -2.12. The van der Waals surface area contributed by atoms with Crippen LogP contribution in [0.5, 0.6) is 0 Å². The number of unbranched alkanes of at least 4 members (excludes halogenated alkanes) is 4. The van der Waals surface area contributed by atoms with Gasteiger partial charge in [0.2, 0.25) is 0 Å². The van der Waals surface area contributed by atoms with Gasteiger partial charge in [-0.3, -0.25) is 19.2 Å². The van der Waals surface area contributed by atoms with Gasteiger partial charge in [-0.1, -0.05) is 45.4 Å². The van der Waals surface area contributed by atoms with Gasteiger partial charge >= 0.3 is 23.9 Å². The normalized spacial score (nSPS) is 11.4. The molecule has 0 aliphatic carbocycles. The van der Waals surface area contributed by atoms with Crippen LogP contribution in [0.4, 0.5) is 0 Å². The number of carboxylic acid groups (broad SMARTS) is 4. The number of carbonyl (C=O) groups is 4. The molecule has 0 radical (unpaired) electrons. The van der Waals surface area contributed by atoms with E-state index in [4.69, 9.17) is 10.2 Å². The van der Waals surface area contributed by atoms with Crippen LogP contribution in [0.3, 0.4) is 0 Å². The van der Waals surface area contributed by atoms with Gasteiger partial charge < -0.3 is 20.4 Å². The van der Waals surface area contributed by atoms with Crippen LogP contribution in [0.15, 0.2) is 0 Å². The Bertz CT molecular complexity index is 429. The van der Waals surface area contributed by atoms with Crippen molar-refractivity contribution < 1.29 is 39.6 Å². The van der Waals surface area contributed by atoms with Crippen molar-refractivity contribution in [3.05, 3.63) is 0 Å². The van der Waals surface area contributed by atoms with E-state index in [1.807, 2.05) is 6.92 Å². The molecule has 0 atom stereocenters. The van der Waals surface area contributed by atoms with Crippen LogP contribution in [-0.2, 0) is 19.2 Å². The highest BCUT2D eigenvalue weighted by Gasteiger charge is 2.45. The topological polar surface area (TPSA) is 149 Å². The summed E-state index contributed by atoms with van der Waals surface area (Å²) in [5, 5.41) is 36.1. The third-order valence-electron chi connectivity index (χ3n) is 4.22. The third-order valence-corrected chi connectivity index (χ3v) is 4.22. The minimum Gasteiger partial charge on any atom is -0.481 e. The second kappa shape index (κ2) is 10.6. The molecular formula is C16H26O8. The minimum atomic E-state index is -1.78. The lowest BCUT2D eigenvalue weighted by Crippen LogP contribution is -2.39. The summed E-state index contributed by atoms with van der Waals surface area (Å²) in [6, 6.07) is 0. The second-order valence-corrected chi connectivity index (χ2v) is 5.98. The number of carboxylic acids is 4. The zero-order chi connectivity index (χ0) is 18.8. The van der Waals surface area contributed by atoms with E-state index < -0.39 is 35.2 Å². The van der Waals surface area contributed by atoms with E-state index >= 15 is 0 Å². The lowest BCUT2D eigenvalue weighted by Gasteiger charge is -2.24. The molecule has 0 spiro atoms. The molecule has 0 unspecified atom stereocenters. The van der Waals surface area contributed by atoms with Crippen molar-refractivity contribution in [2.75, 3.05) is 0 Å². The number of aliphatic carboxylic acids is 4. The standard InChI is InChI=1S/C16H26O8/c1-2-3-9-16(14(21)22,15(23)24)10-7-5-4-6-8-11(12(17)18)13(19)20/h11H,2-10H2,1H3,(H,17,18)(H,19,20)(H,21,22)(H,23,24). The van der Waals surface area contributed by atoms with E-state index in [1.54, 1.807) is 0 Å². The van der Waals surface area contributed by atoms with Gasteiger partial charge in [-0.2, -0.15) is 0 Å². The largest absolute Gasteiger partial charge is 0.481 e. The average molecular weight is 346 g/mol. The quantitative estimate of drug-likeness (QED) is 0.277. The first kappa shape index (κ1) is 21.9. The Balaban J connectivity index is 4.39. The minimum absolute atomic E-state index is 0.00348. The van der Waals surface area contributed by atoms with E-state index in [9.17, 15) is 29.4 Å². The van der Waals surface area contributed by atoms with Crippen molar-refractivity contribution in [1.82, 2.24) is 0 Å². The van der Waals surface area contributed by atoms with Gasteiger partial charge in [0.05, 0.1) is 0 Å². The molecule has 0 heterocycles. The summed E-state index contributed by atoms with van der Waals surface area (Å²) >= 11 is 0. The summed E-state index contributed by atoms with van der Waals surface area (Å²) in [5.74, 6) is -6.86. The van der Waals surface area contributed by atoms with Crippen LogP contribution in [0, 0.1) is 11.3 Å². The summed E-state index contributed by atoms with van der Waals surface area (Å²) < 4.78 is 0. The maximum absolute atomic E-state index is 11.4. The van der Waals surface area contributed by atoms with Crippen LogP contribution in [-0.4, -0.2) is 44.3 Å². The lowest BCUT2D eigenvalue weighted by atomic mass is 9.78. The highest BCUT2D eigenvalue weighted by molar-refractivity contribution is 5.98. The third kappa shape index (κ3) is 6.55.